The lowest BCUT2D eigenvalue weighted by molar-refractivity contribution is -0.134. The first-order valence-electron chi connectivity index (χ1n) is 3.63. The summed E-state index contributed by atoms with van der Waals surface area (Å²) in [6, 6.07) is 1.35. The van der Waals surface area contributed by atoms with Crippen LogP contribution in [0.5, 0.6) is 0 Å². The Morgan fingerprint density at radius 3 is 2.92 bits per heavy atom. The molecule has 0 saturated carbocycles. The molecule has 5 heteroatoms. The van der Waals surface area contributed by atoms with Crippen LogP contribution >= 0.6 is 0 Å². The van der Waals surface area contributed by atoms with Crippen LogP contribution in [0.3, 0.4) is 0 Å². The highest BCUT2D eigenvalue weighted by Gasteiger charge is 2.30. The molecule has 2 atom stereocenters. The number of rotatable bonds is 2. The van der Waals surface area contributed by atoms with E-state index < -0.39 is 17.9 Å². The first kappa shape index (κ1) is 8.53. The molecular formula is C7H9N3O2. The lowest BCUT2D eigenvalue weighted by Crippen LogP contribution is -2.62. The van der Waals surface area contributed by atoms with Crippen LogP contribution in [0.1, 0.15) is 6.92 Å². The number of carbonyl (C=O) groups excluding carboxylic acids is 2. The van der Waals surface area contributed by atoms with Crippen LogP contribution in [0.15, 0.2) is 0 Å². The van der Waals surface area contributed by atoms with E-state index in [1.807, 2.05) is 0 Å². The topological polar surface area (TPSA) is 82.0 Å². The molecule has 1 aliphatic heterocycles. The molecule has 5 nitrogen and oxygen atoms in total. The zero-order valence-electron chi connectivity index (χ0n) is 6.63. The molecule has 2 unspecified atom stereocenters. The smallest absolute Gasteiger partial charge is 0.244 e. The van der Waals surface area contributed by atoms with Crippen LogP contribution in [-0.2, 0) is 9.59 Å². The van der Waals surface area contributed by atoms with Gasteiger partial charge in [-0.2, -0.15) is 5.26 Å². The number of nitriles is 1. The summed E-state index contributed by atoms with van der Waals surface area (Å²) in [7, 11) is 0. The summed E-state index contributed by atoms with van der Waals surface area (Å²) in [4.78, 5) is 21.7. The molecule has 0 aliphatic carbocycles. The Morgan fingerprint density at radius 2 is 2.58 bits per heavy atom. The molecule has 2 N–H and O–H groups in total. The normalized spacial score (nSPS) is 23.0. The van der Waals surface area contributed by atoms with E-state index in [-0.39, 0.29) is 5.91 Å². The number of nitrogens with one attached hydrogen (secondary N) is 2. The summed E-state index contributed by atoms with van der Waals surface area (Å²) in [5.41, 5.74) is 0. The van der Waals surface area contributed by atoms with Gasteiger partial charge in [-0.3, -0.25) is 9.59 Å². The Hall–Kier alpha value is -1.57. The Balaban J connectivity index is 2.37. The Kier molecular flexibility index (Phi) is 2.29. The van der Waals surface area contributed by atoms with Crippen LogP contribution in [-0.4, -0.2) is 24.4 Å². The minimum absolute atomic E-state index is 0.187. The van der Waals surface area contributed by atoms with Crippen LogP contribution in [0.4, 0.5) is 0 Å². The number of carbonyl (C=O) groups is 2. The highest BCUT2D eigenvalue weighted by atomic mass is 16.2. The van der Waals surface area contributed by atoms with E-state index in [1.54, 1.807) is 6.07 Å². The summed E-state index contributed by atoms with van der Waals surface area (Å²) in [5, 5.41) is 13.3. The molecule has 1 heterocycles. The average molecular weight is 167 g/mol. The molecule has 1 fully saturated rings. The third kappa shape index (κ3) is 1.53. The van der Waals surface area contributed by atoms with E-state index >= 15 is 0 Å². The summed E-state index contributed by atoms with van der Waals surface area (Å²) >= 11 is 0. The number of hydrogen-bond acceptors (Lipinski definition) is 3. The molecule has 1 saturated heterocycles. The van der Waals surface area contributed by atoms with Gasteiger partial charge in [0.05, 0.1) is 6.07 Å². The third-order valence-corrected chi connectivity index (χ3v) is 1.70. The van der Waals surface area contributed by atoms with Crippen molar-refractivity contribution in [3.05, 3.63) is 0 Å². The van der Waals surface area contributed by atoms with Crippen molar-refractivity contribution in [3.63, 3.8) is 0 Å². The van der Waals surface area contributed by atoms with Crippen LogP contribution in [0.2, 0.25) is 0 Å². The molecular weight excluding hydrogens is 158 g/mol. The quantitative estimate of drug-likeness (QED) is 0.505. The van der Waals surface area contributed by atoms with E-state index in [0.29, 0.717) is 6.54 Å². The van der Waals surface area contributed by atoms with Crippen molar-refractivity contribution in [2.75, 3.05) is 6.54 Å². The van der Waals surface area contributed by atoms with Crippen LogP contribution in [0, 0.1) is 17.2 Å². The predicted octanol–water partition coefficient (Wildman–Crippen LogP) is -1.24. The highest BCUT2D eigenvalue weighted by molar-refractivity contribution is 5.93. The van der Waals surface area contributed by atoms with Gasteiger partial charge in [-0.15, -0.1) is 0 Å². The highest BCUT2D eigenvalue weighted by Crippen LogP contribution is 1.97. The maximum absolute atomic E-state index is 11.0. The standard InChI is InChI=1S/C7H9N3O2/c1-4(2-8)6(11)10-5-3-9-7(5)12/h4-5H,3H2,1H3,(H,9,12)(H,10,11). The monoisotopic (exact) mass is 167 g/mol. The molecule has 64 valence electrons. The van der Waals surface area contributed by atoms with Crippen molar-refractivity contribution in [3.8, 4) is 6.07 Å². The molecule has 0 spiro atoms. The van der Waals surface area contributed by atoms with Crippen molar-refractivity contribution < 1.29 is 9.59 Å². The third-order valence-electron chi connectivity index (χ3n) is 1.70. The van der Waals surface area contributed by atoms with E-state index in [4.69, 9.17) is 5.26 Å². The van der Waals surface area contributed by atoms with Gasteiger partial charge in [-0.1, -0.05) is 0 Å². The Morgan fingerprint density at radius 1 is 1.92 bits per heavy atom. The van der Waals surface area contributed by atoms with Gasteiger partial charge in [-0.25, -0.2) is 0 Å². The number of nitrogens with zero attached hydrogens (tertiary/aromatic N) is 1. The molecule has 0 aromatic rings. The number of β-lactam (4-membered cyclic amide) rings is 1. The molecule has 0 radical (unpaired) electrons. The Labute approximate surface area is 69.7 Å². The second kappa shape index (κ2) is 3.22. The largest absolute Gasteiger partial charge is 0.352 e. The van der Waals surface area contributed by atoms with Gasteiger partial charge in [0.15, 0.2) is 0 Å². The fourth-order valence-electron chi connectivity index (χ4n) is 0.759. The van der Waals surface area contributed by atoms with Crippen molar-refractivity contribution in [1.29, 1.82) is 5.26 Å². The SMILES string of the molecule is CC(C#N)C(=O)NC1CNC1=O. The van der Waals surface area contributed by atoms with E-state index in [2.05, 4.69) is 10.6 Å². The summed E-state index contributed by atoms with van der Waals surface area (Å²) in [6.07, 6.45) is 0. The molecule has 2 amide bonds. The first-order chi connectivity index (χ1) is 5.65. The lowest BCUT2D eigenvalue weighted by Gasteiger charge is -2.26. The summed E-state index contributed by atoms with van der Waals surface area (Å²) in [6.45, 7) is 1.95. The summed E-state index contributed by atoms with van der Waals surface area (Å²) < 4.78 is 0. The van der Waals surface area contributed by atoms with Gasteiger partial charge < -0.3 is 10.6 Å². The van der Waals surface area contributed by atoms with Crippen molar-refractivity contribution in [1.82, 2.24) is 10.6 Å². The van der Waals surface area contributed by atoms with Gasteiger partial charge in [0.25, 0.3) is 0 Å². The van der Waals surface area contributed by atoms with E-state index in [9.17, 15) is 9.59 Å². The van der Waals surface area contributed by atoms with Crippen LogP contribution in [0.25, 0.3) is 0 Å². The minimum Gasteiger partial charge on any atom is -0.352 e. The minimum atomic E-state index is -0.696. The number of amides is 2. The molecule has 0 aromatic heterocycles. The van der Waals surface area contributed by atoms with Gasteiger partial charge in [-0.05, 0) is 6.92 Å². The maximum Gasteiger partial charge on any atom is 0.244 e. The zero-order chi connectivity index (χ0) is 9.14. The molecule has 0 bridgehead atoms. The Bertz CT molecular complexity index is 256. The van der Waals surface area contributed by atoms with E-state index in [0.717, 1.165) is 0 Å². The molecule has 0 aromatic carbocycles. The van der Waals surface area contributed by atoms with Crippen molar-refractivity contribution in [2.24, 2.45) is 5.92 Å². The second-order valence-corrected chi connectivity index (χ2v) is 2.66. The summed E-state index contributed by atoms with van der Waals surface area (Å²) in [5.74, 6) is -1.27. The van der Waals surface area contributed by atoms with Crippen molar-refractivity contribution in [2.45, 2.75) is 13.0 Å². The zero-order valence-corrected chi connectivity index (χ0v) is 6.63. The van der Waals surface area contributed by atoms with Crippen molar-refractivity contribution >= 4 is 11.8 Å². The lowest BCUT2D eigenvalue weighted by atomic mass is 10.1. The van der Waals surface area contributed by atoms with Gasteiger partial charge in [0.1, 0.15) is 12.0 Å². The average Bonchev–Trinajstić information content (AvgIpc) is 2.09. The van der Waals surface area contributed by atoms with Gasteiger partial charge in [0, 0.05) is 6.54 Å². The van der Waals surface area contributed by atoms with Gasteiger partial charge in [0.2, 0.25) is 11.8 Å². The molecule has 1 rings (SSSR count). The van der Waals surface area contributed by atoms with E-state index in [1.165, 1.54) is 6.92 Å². The maximum atomic E-state index is 11.0. The molecule has 1 aliphatic rings. The fourth-order valence-corrected chi connectivity index (χ4v) is 0.759. The fraction of sp³-hybridized carbons (Fsp3) is 0.571. The molecule has 12 heavy (non-hydrogen) atoms. The predicted molar refractivity (Wildman–Crippen MR) is 39.7 cm³/mol. The van der Waals surface area contributed by atoms with Crippen LogP contribution < -0.4 is 10.6 Å². The number of hydrogen-bond donors (Lipinski definition) is 2. The second-order valence-electron chi connectivity index (χ2n) is 2.66. The first-order valence-corrected chi connectivity index (χ1v) is 3.63. The van der Waals surface area contributed by atoms with Gasteiger partial charge >= 0.3 is 0 Å².